The maximum absolute atomic E-state index is 12.5. The SMILES string of the molecule is Cc1oc(-c2cccs2)nc1CN1CCC(C(=O)NCc2ccccc2)CC1. The number of hydrogen-bond acceptors (Lipinski definition) is 5. The highest BCUT2D eigenvalue weighted by Gasteiger charge is 2.26. The second-order valence-electron chi connectivity index (χ2n) is 7.25. The van der Waals surface area contributed by atoms with Crippen LogP contribution in [0.5, 0.6) is 0 Å². The number of carbonyl (C=O) groups is 1. The van der Waals surface area contributed by atoms with Crippen LogP contribution in [0.4, 0.5) is 0 Å². The molecule has 1 aromatic carbocycles. The molecule has 0 spiro atoms. The molecule has 0 atom stereocenters. The number of nitrogens with one attached hydrogen (secondary N) is 1. The van der Waals surface area contributed by atoms with E-state index in [1.807, 2.05) is 54.8 Å². The number of nitrogens with zero attached hydrogens (tertiary/aromatic N) is 2. The minimum Gasteiger partial charge on any atom is -0.440 e. The molecule has 3 aromatic rings. The lowest BCUT2D eigenvalue weighted by Gasteiger charge is -2.30. The zero-order valence-electron chi connectivity index (χ0n) is 16.1. The van der Waals surface area contributed by atoms with E-state index in [9.17, 15) is 4.79 Å². The van der Waals surface area contributed by atoms with Gasteiger partial charge in [0.25, 0.3) is 0 Å². The third-order valence-electron chi connectivity index (χ3n) is 5.27. The average Bonchev–Trinajstić information content (AvgIpc) is 3.38. The van der Waals surface area contributed by atoms with Crippen molar-refractivity contribution in [3.63, 3.8) is 0 Å². The quantitative estimate of drug-likeness (QED) is 0.678. The van der Waals surface area contributed by atoms with Gasteiger partial charge in [-0.15, -0.1) is 11.3 Å². The van der Waals surface area contributed by atoms with Crippen molar-refractivity contribution in [1.29, 1.82) is 0 Å². The molecule has 5 nitrogen and oxygen atoms in total. The van der Waals surface area contributed by atoms with E-state index in [1.165, 1.54) is 0 Å². The van der Waals surface area contributed by atoms with E-state index in [-0.39, 0.29) is 11.8 Å². The fraction of sp³-hybridized carbons (Fsp3) is 0.364. The Morgan fingerprint density at radius 3 is 2.71 bits per heavy atom. The average molecular weight is 396 g/mol. The van der Waals surface area contributed by atoms with Gasteiger partial charge in [0.05, 0.1) is 10.6 Å². The molecular formula is C22H25N3O2S. The summed E-state index contributed by atoms with van der Waals surface area (Å²) in [5.41, 5.74) is 2.13. The fourth-order valence-corrected chi connectivity index (χ4v) is 4.22. The van der Waals surface area contributed by atoms with Gasteiger partial charge in [-0.25, -0.2) is 4.98 Å². The molecule has 3 heterocycles. The first-order valence-electron chi connectivity index (χ1n) is 9.73. The zero-order valence-corrected chi connectivity index (χ0v) is 16.9. The number of piperidine rings is 1. The van der Waals surface area contributed by atoms with Crippen molar-refractivity contribution < 1.29 is 9.21 Å². The maximum atomic E-state index is 12.5. The molecule has 1 aliphatic rings. The molecule has 4 rings (SSSR count). The lowest BCUT2D eigenvalue weighted by Crippen LogP contribution is -2.40. The third-order valence-corrected chi connectivity index (χ3v) is 6.12. The van der Waals surface area contributed by atoms with Crippen LogP contribution in [-0.2, 0) is 17.9 Å². The molecule has 2 aromatic heterocycles. The van der Waals surface area contributed by atoms with Crippen LogP contribution in [-0.4, -0.2) is 28.9 Å². The first-order chi connectivity index (χ1) is 13.7. The van der Waals surface area contributed by atoms with E-state index < -0.39 is 0 Å². The molecule has 6 heteroatoms. The van der Waals surface area contributed by atoms with Gasteiger partial charge in [-0.3, -0.25) is 9.69 Å². The first-order valence-corrected chi connectivity index (χ1v) is 10.6. The molecule has 1 aliphatic heterocycles. The Balaban J connectivity index is 1.27. The number of oxazole rings is 1. The molecule has 0 unspecified atom stereocenters. The molecule has 0 saturated carbocycles. The maximum Gasteiger partial charge on any atom is 0.236 e. The number of aryl methyl sites for hydroxylation is 1. The summed E-state index contributed by atoms with van der Waals surface area (Å²) in [6, 6.07) is 14.1. The number of benzene rings is 1. The van der Waals surface area contributed by atoms with Crippen molar-refractivity contribution in [2.45, 2.75) is 32.9 Å². The molecule has 0 radical (unpaired) electrons. The fourth-order valence-electron chi connectivity index (χ4n) is 3.57. The van der Waals surface area contributed by atoms with E-state index in [0.717, 1.165) is 54.4 Å². The number of amides is 1. The summed E-state index contributed by atoms with van der Waals surface area (Å²) in [5, 5.41) is 5.11. The summed E-state index contributed by atoms with van der Waals surface area (Å²) in [6.07, 6.45) is 1.77. The summed E-state index contributed by atoms with van der Waals surface area (Å²) < 4.78 is 5.84. The van der Waals surface area contributed by atoms with Gasteiger partial charge in [0, 0.05) is 19.0 Å². The predicted molar refractivity (Wildman–Crippen MR) is 111 cm³/mol. The summed E-state index contributed by atoms with van der Waals surface area (Å²) in [4.78, 5) is 20.6. The topological polar surface area (TPSA) is 58.4 Å². The van der Waals surface area contributed by atoms with Crippen LogP contribution in [0.2, 0.25) is 0 Å². The van der Waals surface area contributed by atoms with E-state index in [4.69, 9.17) is 4.42 Å². The number of rotatable bonds is 6. The lowest BCUT2D eigenvalue weighted by molar-refractivity contribution is -0.126. The van der Waals surface area contributed by atoms with Crippen LogP contribution in [0, 0.1) is 12.8 Å². The van der Waals surface area contributed by atoms with Crippen LogP contribution >= 0.6 is 11.3 Å². The van der Waals surface area contributed by atoms with Gasteiger partial charge in [0.2, 0.25) is 11.8 Å². The van der Waals surface area contributed by atoms with Gasteiger partial charge in [-0.1, -0.05) is 36.4 Å². The Kier molecular flexibility index (Phi) is 5.88. The van der Waals surface area contributed by atoms with Crippen molar-refractivity contribution in [1.82, 2.24) is 15.2 Å². The van der Waals surface area contributed by atoms with Crippen molar-refractivity contribution >= 4 is 17.2 Å². The van der Waals surface area contributed by atoms with Crippen LogP contribution in [0.1, 0.15) is 29.9 Å². The first kappa shape index (κ1) is 18.9. The van der Waals surface area contributed by atoms with Crippen LogP contribution < -0.4 is 5.32 Å². The van der Waals surface area contributed by atoms with Crippen molar-refractivity contribution in [2.24, 2.45) is 5.92 Å². The second kappa shape index (κ2) is 8.71. The highest BCUT2D eigenvalue weighted by molar-refractivity contribution is 7.13. The van der Waals surface area contributed by atoms with Gasteiger partial charge >= 0.3 is 0 Å². The van der Waals surface area contributed by atoms with Crippen molar-refractivity contribution in [2.75, 3.05) is 13.1 Å². The van der Waals surface area contributed by atoms with Gasteiger partial charge in [-0.2, -0.15) is 0 Å². The number of likely N-dealkylation sites (tertiary alicyclic amines) is 1. The number of thiophene rings is 1. The lowest BCUT2D eigenvalue weighted by atomic mass is 9.95. The monoisotopic (exact) mass is 395 g/mol. The van der Waals surface area contributed by atoms with E-state index >= 15 is 0 Å². The molecule has 28 heavy (non-hydrogen) atoms. The summed E-state index contributed by atoms with van der Waals surface area (Å²) in [6.45, 7) is 5.17. The molecule has 0 bridgehead atoms. The Hall–Kier alpha value is -2.44. The Morgan fingerprint density at radius 2 is 2.00 bits per heavy atom. The van der Waals surface area contributed by atoms with E-state index in [1.54, 1.807) is 11.3 Å². The summed E-state index contributed by atoms with van der Waals surface area (Å²) in [7, 11) is 0. The van der Waals surface area contributed by atoms with Gasteiger partial charge < -0.3 is 9.73 Å². The van der Waals surface area contributed by atoms with Crippen molar-refractivity contribution in [3.05, 3.63) is 64.9 Å². The highest BCUT2D eigenvalue weighted by Crippen LogP contribution is 2.27. The largest absolute Gasteiger partial charge is 0.440 e. The van der Waals surface area contributed by atoms with E-state index in [0.29, 0.717) is 12.4 Å². The normalized spacial score (nSPS) is 15.6. The second-order valence-corrected chi connectivity index (χ2v) is 8.20. The number of aromatic nitrogens is 1. The Morgan fingerprint density at radius 1 is 1.21 bits per heavy atom. The Bertz CT molecular complexity index is 897. The number of carbonyl (C=O) groups excluding carboxylic acids is 1. The minimum absolute atomic E-state index is 0.0973. The van der Waals surface area contributed by atoms with Crippen LogP contribution in [0.3, 0.4) is 0 Å². The van der Waals surface area contributed by atoms with Crippen molar-refractivity contribution in [3.8, 4) is 10.8 Å². The standard InChI is InChI=1S/C22H25N3O2S/c1-16-19(24-22(27-16)20-8-5-13-28-20)15-25-11-9-18(10-12-25)21(26)23-14-17-6-3-2-4-7-17/h2-8,13,18H,9-12,14-15H2,1H3,(H,23,26). The highest BCUT2D eigenvalue weighted by atomic mass is 32.1. The molecule has 1 N–H and O–H groups in total. The van der Waals surface area contributed by atoms with E-state index in [2.05, 4.69) is 15.2 Å². The molecule has 1 amide bonds. The molecular weight excluding hydrogens is 370 g/mol. The van der Waals surface area contributed by atoms with Gasteiger partial charge in [0.15, 0.2) is 0 Å². The van der Waals surface area contributed by atoms with Gasteiger partial charge in [0.1, 0.15) is 5.76 Å². The minimum atomic E-state index is 0.0973. The smallest absolute Gasteiger partial charge is 0.236 e. The third kappa shape index (κ3) is 4.51. The molecule has 1 fully saturated rings. The van der Waals surface area contributed by atoms with Crippen LogP contribution in [0.15, 0.2) is 52.3 Å². The predicted octanol–water partition coefficient (Wildman–Crippen LogP) is 4.24. The molecule has 1 saturated heterocycles. The van der Waals surface area contributed by atoms with Gasteiger partial charge in [-0.05, 0) is 49.9 Å². The molecule has 0 aliphatic carbocycles. The summed E-state index contributed by atoms with van der Waals surface area (Å²) >= 11 is 1.64. The number of hydrogen-bond donors (Lipinski definition) is 1. The van der Waals surface area contributed by atoms with Crippen LogP contribution in [0.25, 0.3) is 10.8 Å². The summed E-state index contributed by atoms with van der Waals surface area (Å²) in [5.74, 6) is 1.85. The Labute approximate surface area is 169 Å². The molecule has 146 valence electrons. The zero-order chi connectivity index (χ0) is 19.3.